The van der Waals surface area contributed by atoms with E-state index < -0.39 is 17.7 Å². The smallest absolute Gasteiger partial charge is 0.295 e. The molecule has 0 aromatic heterocycles. The van der Waals surface area contributed by atoms with E-state index in [1.807, 2.05) is 13.8 Å². The van der Waals surface area contributed by atoms with Gasteiger partial charge in [-0.2, -0.15) is 0 Å². The Morgan fingerprint density at radius 2 is 1.59 bits per heavy atom. The van der Waals surface area contributed by atoms with Crippen LogP contribution in [0.4, 0.5) is 0 Å². The van der Waals surface area contributed by atoms with Gasteiger partial charge in [0.05, 0.1) is 32.9 Å². The number of carbonyl (C=O) groups excluding carboxylic acids is 2. The van der Waals surface area contributed by atoms with Gasteiger partial charge in [0, 0.05) is 18.7 Å². The van der Waals surface area contributed by atoms with E-state index >= 15 is 0 Å². The minimum Gasteiger partial charge on any atom is -0.507 e. The van der Waals surface area contributed by atoms with E-state index in [4.69, 9.17) is 14.2 Å². The van der Waals surface area contributed by atoms with Crippen molar-refractivity contribution in [1.82, 2.24) is 9.80 Å². The number of methoxy groups -OCH3 is 3. The number of nitrogens with zero attached hydrogens (tertiary/aromatic N) is 2. The van der Waals surface area contributed by atoms with E-state index in [0.29, 0.717) is 41.5 Å². The van der Waals surface area contributed by atoms with E-state index in [2.05, 4.69) is 4.90 Å². The van der Waals surface area contributed by atoms with Crippen molar-refractivity contribution in [3.05, 3.63) is 59.2 Å². The number of amides is 1. The van der Waals surface area contributed by atoms with Crippen LogP contribution in [0.5, 0.6) is 17.2 Å². The highest BCUT2D eigenvalue weighted by Crippen LogP contribution is 2.42. The molecule has 182 valence electrons. The number of carbonyl (C=O) groups is 2. The first kappa shape index (κ1) is 25.1. The number of Topliss-reactive ketones (excluding diaryl/α,β-unsaturated/α-hetero) is 1. The van der Waals surface area contributed by atoms with Crippen molar-refractivity contribution in [3.63, 3.8) is 0 Å². The highest BCUT2D eigenvalue weighted by Gasteiger charge is 2.46. The summed E-state index contributed by atoms with van der Waals surface area (Å²) >= 11 is 0. The number of rotatable bonds is 10. The fourth-order valence-corrected chi connectivity index (χ4v) is 4.17. The fourth-order valence-electron chi connectivity index (χ4n) is 4.17. The molecule has 0 bridgehead atoms. The SMILES string of the molecule is CCN(CC)CCN1C(=O)C(=O)/C(=C(/O)c2ccc(OC)cc2)[C@@H]1c1ccc(OC)c(OC)c1. The topological polar surface area (TPSA) is 88.5 Å². The summed E-state index contributed by atoms with van der Waals surface area (Å²) in [5.41, 5.74) is 1.11. The van der Waals surface area contributed by atoms with Gasteiger partial charge in [-0.15, -0.1) is 0 Å². The van der Waals surface area contributed by atoms with Gasteiger partial charge in [-0.05, 0) is 55.1 Å². The molecular formula is C26H32N2O6. The first-order valence-electron chi connectivity index (χ1n) is 11.3. The molecule has 8 nitrogen and oxygen atoms in total. The number of ketones is 1. The van der Waals surface area contributed by atoms with Gasteiger partial charge in [-0.1, -0.05) is 19.9 Å². The molecule has 0 spiro atoms. The Morgan fingerprint density at radius 1 is 0.941 bits per heavy atom. The molecule has 0 unspecified atom stereocenters. The highest BCUT2D eigenvalue weighted by molar-refractivity contribution is 6.46. The highest BCUT2D eigenvalue weighted by atomic mass is 16.5. The summed E-state index contributed by atoms with van der Waals surface area (Å²) in [6.07, 6.45) is 0. The molecule has 1 N–H and O–H groups in total. The fraction of sp³-hybridized carbons (Fsp3) is 0.385. The monoisotopic (exact) mass is 468 g/mol. The van der Waals surface area contributed by atoms with E-state index in [-0.39, 0.29) is 11.3 Å². The lowest BCUT2D eigenvalue weighted by Crippen LogP contribution is -2.38. The molecule has 1 amide bonds. The lowest BCUT2D eigenvalue weighted by Gasteiger charge is -2.28. The third kappa shape index (κ3) is 4.87. The second kappa shape index (κ2) is 11.1. The van der Waals surface area contributed by atoms with Crippen molar-refractivity contribution >= 4 is 17.4 Å². The molecule has 0 radical (unpaired) electrons. The first-order chi connectivity index (χ1) is 16.4. The van der Waals surface area contributed by atoms with Crippen LogP contribution in [0.1, 0.15) is 31.0 Å². The van der Waals surface area contributed by atoms with Crippen LogP contribution in [-0.4, -0.2) is 74.1 Å². The van der Waals surface area contributed by atoms with Crippen LogP contribution in [0.2, 0.25) is 0 Å². The molecule has 1 atom stereocenters. The summed E-state index contributed by atoms with van der Waals surface area (Å²) in [5, 5.41) is 11.2. The van der Waals surface area contributed by atoms with Crippen LogP contribution < -0.4 is 14.2 Å². The van der Waals surface area contributed by atoms with Gasteiger partial charge < -0.3 is 29.1 Å². The van der Waals surface area contributed by atoms with Crippen LogP contribution in [0.25, 0.3) is 5.76 Å². The summed E-state index contributed by atoms with van der Waals surface area (Å²) in [5.74, 6) is 0.0359. The molecule has 1 fully saturated rings. The van der Waals surface area contributed by atoms with E-state index in [0.717, 1.165) is 13.1 Å². The second-order valence-electron chi connectivity index (χ2n) is 7.86. The molecule has 2 aromatic carbocycles. The minimum absolute atomic E-state index is 0.0435. The lowest BCUT2D eigenvalue weighted by molar-refractivity contribution is -0.140. The molecule has 0 aliphatic carbocycles. The summed E-state index contributed by atoms with van der Waals surface area (Å²) in [6, 6.07) is 11.2. The van der Waals surface area contributed by atoms with Crippen LogP contribution >= 0.6 is 0 Å². The summed E-state index contributed by atoms with van der Waals surface area (Å²) in [4.78, 5) is 30.0. The van der Waals surface area contributed by atoms with Crippen molar-refractivity contribution in [2.75, 3.05) is 47.5 Å². The van der Waals surface area contributed by atoms with Gasteiger partial charge in [0.25, 0.3) is 11.7 Å². The van der Waals surface area contributed by atoms with Gasteiger partial charge in [0.1, 0.15) is 11.5 Å². The maximum absolute atomic E-state index is 13.2. The summed E-state index contributed by atoms with van der Waals surface area (Å²) in [6.45, 7) is 6.69. The number of ether oxygens (including phenoxy) is 3. The van der Waals surface area contributed by atoms with Crippen LogP contribution in [0, 0.1) is 0 Å². The number of likely N-dealkylation sites (tertiary alicyclic amines) is 1. The quantitative estimate of drug-likeness (QED) is 0.324. The maximum Gasteiger partial charge on any atom is 0.295 e. The van der Waals surface area contributed by atoms with Gasteiger partial charge >= 0.3 is 0 Å². The normalized spacial score (nSPS) is 17.4. The van der Waals surface area contributed by atoms with Crippen LogP contribution in [-0.2, 0) is 9.59 Å². The Kier molecular flexibility index (Phi) is 8.17. The number of hydrogen-bond acceptors (Lipinski definition) is 7. The van der Waals surface area contributed by atoms with Crippen LogP contribution in [0.3, 0.4) is 0 Å². The van der Waals surface area contributed by atoms with E-state index in [1.54, 1.807) is 49.6 Å². The zero-order valence-corrected chi connectivity index (χ0v) is 20.3. The molecule has 2 aromatic rings. The molecule has 1 aliphatic rings. The molecular weight excluding hydrogens is 436 g/mol. The molecule has 34 heavy (non-hydrogen) atoms. The second-order valence-corrected chi connectivity index (χ2v) is 7.86. The largest absolute Gasteiger partial charge is 0.507 e. The summed E-state index contributed by atoms with van der Waals surface area (Å²) < 4.78 is 16.0. The number of hydrogen-bond donors (Lipinski definition) is 1. The number of likely N-dealkylation sites (N-methyl/N-ethyl adjacent to an activating group) is 1. The third-order valence-electron chi connectivity index (χ3n) is 6.18. The Balaban J connectivity index is 2.13. The molecule has 0 saturated carbocycles. The minimum atomic E-state index is -0.766. The Hall–Kier alpha value is -3.52. The third-order valence-corrected chi connectivity index (χ3v) is 6.18. The molecule has 1 heterocycles. The first-order valence-corrected chi connectivity index (χ1v) is 11.3. The lowest BCUT2D eigenvalue weighted by atomic mass is 9.95. The van der Waals surface area contributed by atoms with Crippen molar-refractivity contribution in [2.45, 2.75) is 19.9 Å². The zero-order chi connectivity index (χ0) is 24.8. The Bertz CT molecular complexity index is 1060. The molecule has 3 rings (SSSR count). The van der Waals surface area contributed by atoms with Crippen molar-refractivity contribution in [1.29, 1.82) is 0 Å². The average molecular weight is 469 g/mol. The number of benzene rings is 2. The molecule has 1 aliphatic heterocycles. The van der Waals surface area contributed by atoms with Crippen molar-refractivity contribution in [2.24, 2.45) is 0 Å². The van der Waals surface area contributed by atoms with E-state index in [9.17, 15) is 14.7 Å². The number of aliphatic hydroxyl groups excluding tert-OH is 1. The maximum atomic E-state index is 13.2. The predicted molar refractivity (Wildman–Crippen MR) is 129 cm³/mol. The summed E-state index contributed by atoms with van der Waals surface area (Å²) in [7, 11) is 4.61. The van der Waals surface area contributed by atoms with Gasteiger partial charge in [0.2, 0.25) is 0 Å². The molecule has 8 heteroatoms. The Labute approximate surface area is 200 Å². The van der Waals surface area contributed by atoms with Gasteiger partial charge in [0.15, 0.2) is 11.5 Å². The Morgan fingerprint density at radius 3 is 2.15 bits per heavy atom. The van der Waals surface area contributed by atoms with Gasteiger partial charge in [-0.3, -0.25) is 9.59 Å². The van der Waals surface area contributed by atoms with E-state index in [1.165, 1.54) is 19.1 Å². The predicted octanol–water partition coefficient (Wildman–Crippen LogP) is 3.48. The molecule has 1 saturated heterocycles. The van der Waals surface area contributed by atoms with Crippen molar-refractivity contribution in [3.8, 4) is 17.2 Å². The van der Waals surface area contributed by atoms with Gasteiger partial charge in [-0.25, -0.2) is 0 Å². The van der Waals surface area contributed by atoms with Crippen LogP contribution in [0.15, 0.2) is 48.0 Å². The zero-order valence-electron chi connectivity index (χ0n) is 20.3. The standard InChI is InChI=1S/C26H32N2O6/c1-6-27(7-2)14-15-28-23(18-10-13-20(33-4)21(16-18)34-5)22(25(30)26(28)31)24(29)17-8-11-19(32-3)12-9-17/h8-13,16,23,29H,6-7,14-15H2,1-5H3/b24-22+/t23-/m0/s1. The number of aliphatic hydroxyl groups is 1. The van der Waals surface area contributed by atoms with Crippen molar-refractivity contribution < 1.29 is 28.9 Å². The average Bonchev–Trinajstić information content (AvgIpc) is 3.13.